The molecule has 4 nitrogen and oxygen atoms in total. The summed E-state index contributed by atoms with van der Waals surface area (Å²) in [7, 11) is 4.09. The van der Waals surface area contributed by atoms with Crippen LogP contribution in [0.3, 0.4) is 0 Å². The fourth-order valence-corrected chi connectivity index (χ4v) is 4.35. The summed E-state index contributed by atoms with van der Waals surface area (Å²) in [6.07, 6.45) is 0. The summed E-state index contributed by atoms with van der Waals surface area (Å²) in [6.45, 7) is 6.65. The largest absolute Gasteiger partial charge is 0.350 e. The number of nitrogens with zero attached hydrogens (tertiary/aromatic N) is 2. The Morgan fingerprint density at radius 1 is 1.19 bits per heavy atom. The van der Waals surface area contributed by atoms with Crippen LogP contribution in [-0.4, -0.2) is 36.4 Å². The van der Waals surface area contributed by atoms with Crippen LogP contribution in [0.1, 0.15) is 38.1 Å². The highest BCUT2D eigenvalue weighted by Gasteiger charge is 2.20. The van der Waals surface area contributed by atoms with Crippen LogP contribution in [0.15, 0.2) is 35.7 Å². The summed E-state index contributed by atoms with van der Waals surface area (Å²) in [4.78, 5) is 21.0. The fraction of sp³-hybridized carbons (Fsp3) is 0.333. The maximum absolute atomic E-state index is 12.9. The zero-order valence-electron chi connectivity index (χ0n) is 16.0. The summed E-state index contributed by atoms with van der Waals surface area (Å²) in [6, 6.07) is 10.1. The van der Waals surface area contributed by atoms with Crippen molar-refractivity contribution < 1.29 is 4.79 Å². The molecule has 0 bridgehead atoms. The number of nitrogens with one attached hydrogen (secondary N) is 1. The lowest BCUT2D eigenvalue weighted by atomic mass is 10.0. The zero-order valence-corrected chi connectivity index (χ0v) is 16.8. The molecule has 1 amide bonds. The van der Waals surface area contributed by atoms with Crippen LogP contribution in [0.2, 0.25) is 0 Å². The van der Waals surface area contributed by atoms with Crippen LogP contribution in [0.4, 0.5) is 0 Å². The third-order valence-corrected chi connectivity index (χ3v) is 5.82. The monoisotopic (exact) mass is 367 g/mol. The number of fused-ring (bicyclic) bond motifs is 1. The van der Waals surface area contributed by atoms with E-state index in [2.05, 4.69) is 33.6 Å². The fourth-order valence-electron chi connectivity index (χ4n) is 3.23. The number of para-hydroxylation sites is 1. The lowest BCUT2D eigenvalue weighted by molar-refractivity contribution is 0.0943. The number of pyridine rings is 1. The second kappa shape index (κ2) is 7.56. The number of amides is 1. The first kappa shape index (κ1) is 18.5. The molecule has 0 aliphatic carbocycles. The van der Waals surface area contributed by atoms with E-state index in [1.165, 1.54) is 10.4 Å². The Balaban J connectivity index is 1.87. The highest BCUT2D eigenvalue weighted by molar-refractivity contribution is 7.10. The molecular formula is C21H25N3OS. The van der Waals surface area contributed by atoms with Crippen molar-refractivity contribution in [3.8, 4) is 0 Å². The molecule has 1 atom stereocenters. The average Bonchev–Trinajstić information content (AvgIpc) is 3.01. The van der Waals surface area contributed by atoms with E-state index in [0.29, 0.717) is 12.1 Å². The van der Waals surface area contributed by atoms with Crippen LogP contribution in [0, 0.1) is 20.8 Å². The van der Waals surface area contributed by atoms with Crippen molar-refractivity contribution in [3.05, 3.63) is 63.0 Å². The molecule has 0 saturated heterocycles. The molecule has 0 spiro atoms. The topological polar surface area (TPSA) is 45.2 Å². The normalized spacial score (nSPS) is 12.5. The van der Waals surface area contributed by atoms with Gasteiger partial charge in [-0.1, -0.05) is 18.2 Å². The maximum Gasteiger partial charge on any atom is 0.252 e. The van der Waals surface area contributed by atoms with Crippen LogP contribution in [0.5, 0.6) is 0 Å². The Kier molecular flexibility index (Phi) is 5.39. The summed E-state index contributed by atoms with van der Waals surface area (Å²) in [5, 5.41) is 6.14. The molecule has 0 aliphatic heterocycles. The summed E-state index contributed by atoms with van der Waals surface area (Å²) >= 11 is 1.74. The lowest BCUT2D eigenvalue weighted by Crippen LogP contribution is -2.34. The molecule has 1 N–H and O–H groups in total. The van der Waals surface area contributed by atoms with Gasteiger partial charge in [-0.3, -0.25) is 9.78 Å². The van der Waals surface area contributed by atoms with Gasteiger partial charge in [0.05, 0.1) is 17.1 Å². The van der Waals surface area contributed by atoms with Gasteiger partial charge in [-0.25, -0.2) is 0 Å². The zero-order chi connectivity index (χ0) is 18.8. The van der Waals surface area contributed by atoms with Crippen molar-refractivity contribution >= 4 is 28.1 Å². The molecule has 3 aromatic rings. The second-order valence-electron chi connectivity index (χ2n) is 6.94. The molecular weight excluding hydrogens is 342 g/mol. The first-order chi connectivity index (χ1) is 12.4. The van der Waals surface area contributed by atoms with Gasteiger partial charge in [0.25, 0.3) is 5.91 Å². The molecule has 0 aliphatic rings. The molecule has 2 heterocycles. The lowest BCUT2D eigenvalue weighted by Gasteiger charge is -2.24. The minimum Gasteiger partial charge on any atom is -0.350 e. The molecule has 0 fully saturated rings. The van der Waals surface area contributed by atoms with Crippen LogP contribution < -0.4 is 5.32 Å². The molecule has 1 aromatic carbocycles. The quantitative estimate of drug-likeness (QED) is 0.733. The van der Waals surface area contributed by atoms with Gasteiger partial charge in [0.1, 0.15) is 0 Å². The summed E-state index contributed by atoms with van der Waals surface area (Å²) < 4.78 is 0. The van der Waals surface area contributed by atoms with Gasteiger partial charge in [-0.15, -0.1) is 11.3 Å². The molecule has 1 unspecified atom stereocenters. The van der Waals surface area contributed by atoms with Gasteiger partial charge < -0.3 is 10.2 Å². The number of carbonyl (C=O) groups is 1. The maximum atomic E-state index is 12.9. The summed E-state index contributed by atoms with van der Waals surface area (Å²) in [5.74, 6) is -0.0489. The summed E-state index contributed by atoms with van der Waals surface area (Å²) in [5.41, 5.74) is 4.80. The number of benzene rings is 1. The van der Waals surface area contributed by atoms with Gasteiger partial charge in [0.2, 0.25) is 0 Å². The van der Waals surface area contributed by atoms with Gasteiger partial charge in [0, 0.05) is 22.5 Å². The standard InChI is InChI=1S/C21H25N3OS/c1-13-7-6-8-16-17(11-15(3)23-19(13)16)21(25)22-12-18(24(4)5)20-14(2)9-10-26-20/h6-11,18H,12H2,1-5H3,(H,22,25). The van der Waals surface area contributed by atoms with E-state index < -0.39 is 0 Å². The van der Waals surface area contributed by atoms with E-state index >= 15 is 0 Å². The SMILES string of the molecule is Cc1cc(C(=O)NCC(c2sccc2C)N(C)C)c2cccc(C)c2n1. The van der Waals surface area contributed by atoms with Gasteiger partial charge in [-0.2, -0.15) is 0 Å². The van der Waals surface area contributed by atoms with E-state index in [-0.39, 0.29) is 11.9 Å². The Morgan fingerprint density at radius 3 is 2.62 bits per heavy atom. The second-order valence-corrected chi connectivity index (χ2v) is 7.89. The van der Waals surface area contributed by atoms with Crippen molar-refractivity contribution in [2.75, 3.05) is 20.6 Å². The number of aryl methyl sites for hydroxylation is 3. The van der Waals surface area contributed by atoms with E-state index in [9.17, 15) is 4.79 Å². The molecule has 5 heteroatoms. The molecule has 0 radical (unpaired) electrons. The van der Waals surface area contributed by atoms with E-state index in [1.807, 2.05) is 52.2 Å². The Bertz CT molecular complexity index is 946. The smallest absolute Gasteiger partial charge is 0.252 e. The molecule has 2 aromatic heterocycles. The number of aromatic nitrogens is 1. The number of hydrogen-bond donors (Lipinski definition) is 1. The minimum atomic E-state index is -0.0489. The van der Waals surface area contributed by atoms with Crippen molar-refractivity contribution in [1.82, 2.24) is 15.2 Å². The predicted molar refractivity (Wildman–Crippen MR) is 109 cm³/mol. The van der Waals surface area contributed by atoms with Crippen molar-refractivity contribution in [2.24, 2.45) is 0 Å². The van der Waals surface area contributed by atoms with Gasteiger partial charge in [-0.05, 0) is 63.5 Å². The Morgan fingerprint density at radius 2 is 1.96 bits per heavy atom. The minimum absolute atomic E-state index is 0.0489. The predicted octanol–water partition coefficient (Wildman–Crippen LogP) is 4.25. The number of likely N-dealkylation sites (N-methyl/N-ethyl adjacent to an activating group) is 1. The Hall–Kier alpha value is -2.24. The molecule has 136 valence electrons. The van der Waals surface area contributed by atoms with E-state index in [4.69, 9.17) is 0 Å². The number of thiophene rings is 1. The van der Waals surface area contributed by atoms with Gasteiger partial charge in [0.15, 0.2) is 0 Å². The third-order valence-electron chi connectivity index (χ3n) is 4.70. The van der Waals surface area contributed by atoms with Gasteiger partial charge >= 0.3 is 0 Å². The Labute approximate surface area is 158 Å². The average molecular weight is 368 g/mol. The van der Waals surface area contributed by atoms with Crippen molar-refractivity contribution in [2.45, 2.75) is 26.8 Å². The molecule has 26 heavy (non-hydrogen) atoms. The van der Waals surface area contributed by atoms with Crippen LogP contribution in [-0.2, 0) is 0 Å². The number of rotatable bonds is 5. The van der Waals surface area contributed by atoms with Crippen LogP contribution in [0.25, 0.3) is 10.9 Å². The third kappa shape index (κ3) is 3.64. The molecule has 0 saturated carbocycles. The van der Waals surface area contributed by atoms with E-state index in [1.54, 1.807) is 11.3 Å². The first-order valence-corrected chi connectivity index (χ1v) is 9.62. The van der Waals surface area contributed by atoms with Crippen LogP contribution >= 0.6 is 11.3 Å². The first-order valence-electron chi connectivity index (χ1n) is 8.74. The molecule has 3 rings (SSSR count). The highest BCUT2D eigenvalue weighted by atomic mass is 32.1. The van der Waals surface area contributed by atoms with E-state index in [0.717, 1.165) is 22.2 Å². The number of hydrogen-bond acceptors (Lipinski definition) is 4. The van der Waals surface area contributed by atoms with Crippen molar-refractivity contribution in [1.29, 1.82) is 0 Å². The van der Waals surface area contributed by atoms with Crippen molar-refractivity contribution in [3.63, 3.8) is 0 Å². The highest BCUT2D eigenvalue weighted by Crippen LogP contribution is 2.27. The number of carbonyl (C=O) groups excluding carboxylic acids is 1.